The number of aliphatic carboxylic acids is 1. The van der Waals surface area contributed by atoms with Gasteiger partial charge in [-0.15, -0.1) is 0 Å². The van der Waals surface area contributed by atoms with E-state index >= 15 is 0 Å². The van der Waals surface area contributed by atoms with E-state index in [1.807, 2.05) is 43.3 Å². The largest absolute Gasteiger partial charge is 0.478 e. The van der Waals surface area contributed by atoms with Gasteiger partial charge in [0.1, 0.15) is 0 Å². The molecule has 1 N–H and O–H groups in total. The third-order valence-corrected chi connectivity index (χ3v) is 3.81. The zero-order chi connectivity index (χ0) is 26.8. The Labute approximate surface area is 205 Å². The van der Waals surface area contributed by atoms with Crippen molar-refractivity contribution in [3.63, 3.8) is 0 Å². The molecule has 1 aromatic carbocycles. The lowest BCUT2D eigenvalue weighted by Crippen LogP contribution is -2.07. The van der Waals surface area contributed by atoms with E-state index in [9.17, 15) is 14.4 Å². The van der Waals surface area contributed by atoms with E-state index in [1.165, 1.54) is 19.8 Å². The molecule has 0 heterocycles. The molecule has 0 aliphatic carbocycles. The molecule has 0 radical (unpaired) electrons. The summed E-state index contributed by atoms with van der Waals surface area (Å²) < 4.78 is 9.17. The normalized spacial score (nSPS) is 8.44. The highest BCUT2D eigenvalue weighted by molar-refractivity contribution is 5.87. The number of rotatable bonds is 11. The lowest BCUT2D eigenvalue weighted by atomic mass is 10.1. The summed E-state index contributed by atoms with van der Waals surface area (Å²) in [5.41, 5.74) is 2.84. The fourth-order valence-corrected chi connectivity index (χ4v) is 1.94. The van der Waals surface area contributed by atoms with Gasteiger partial charge in [-0.25, -0.2) is 9.59 Å². The Morgan fingerprint density at radius 1 is 0.941 bits per heavy atom. The SMILES string of the molecule is C=C(CC)C(=O)OCCCCCC.C=CC(=O)O.C=COC(C)=O.C=Cc1ccccc1C=C. The molecule has 0 amide bonds. The van der Waals surface area contributed by atoms with Gasteiger partial charge in [0.25, 0.3) is 0 Å². The quantitative estimate of drug-likeness (QED) is 0.161. The van der Waals surface area contributed by atoms with Crippen molar-refractivity contribution < 1.29 is 29.0 Å². The molecule has 0 unspecified atom stereocenters. The fraction of sp³-hybridized carbons (Fsp3) is 0.321. The van der Waals surface area contributed by atoms with E-state index in [0.717, 1.165) is 36.3 Å². The highest BCUT2D eigenvalue weighted by Crippen LogP contribution is 2.10. The summed E-state index contributed by atoms with van der Waals surface area (Å²) in [6.45, 7) is 23.0. The van der Waals surface area contributed by atoms with Crippen molar-refractivity contribution in [3.05, 3.63) is 86.2 Å². The first kappa shape index (κ1) is 34.9. The molecule has 0 aromatic heterocycles. The first-order valence-corrected chi connectivity index (χ1v) is 11.0. The maximum Gasteiger partial charge on any atom is 0.333 e. The van der Waals surface area contributed by atoms with Crippen LogP contribution < -0.4 is 0 Å². The van der Waals surface area contributed by atoms with E-state index in [1.54, 1.807) is 0 Å². The van der Waals surface area contributed by atoms with Gasteiger partial charge in [0.05, 0.1) is 12.9 Å². The van der Waals surface area contributed by atoms with E-state index < -0.39 is 5.97 Å². The highest BCUT2D eigenvalue weighted by Gasteiger charge is 2.04. The Bertz CT molecular complexity index is 750. The Morgan fingerprint density at radius 2 is 1.44 bits per heavy atom. The molecule has 0 saturated carbocycles. The van der Waals surface area contributed by atoms with E-state index in [2.05, 4.69) is 44.6 Å². The Hall–Kier alpha value is -3.67. The molecule has 0 spiro atoms. The Balaban J connectivity index is -0.000000404. The first-order chi connectivity index (χ1) is 16.1. The average molecular weight is 473 g/mol. The highest BCUT2D eigenvalue weighted by atomic mass is 16.5. The molecule has 0 atom stereocenters. The Morgan fingerprint density at radius 3 is 1.74 bits per heavy atom. The summed E-state index contributed by atoms with van der Waals surface area (Å²) in [5.74, 6) is -1.55. The molecule has 6 nitrogen and oxygen atoms in total. The number of carboxylic acids is 1. The smallest absolute Gasteiger partial charge is 0.333 e. The van der Waals surface area contributed by atoms with Crippen LogP contribution in [0.4, 0.5) is 0 Å². The van der Waals surface area contributed by atoms with Gasteiger partial charge >= 0.3 is 17.9 Å². The lowest BCUT2D eigenvalue weighted by Gasteiger charge is -2.04. The number of unbranched alkanes of at least 4 members (excludes halogenated alkanes) is 3. The van der Waals surface area contributed by atoms with Crippen molar-refractivity contribution in [1.29, 1.82) is 0 Å². The molecule has 34 heavy (non-hydrogen) atoms. The van der Waals surface area contributed by atoms with Crippen LogP contribution in [0.1, 0.15) is 64.0 Å². The molecule has 1 aromatic rings. The van der Waals surface area contributed by atoms with Crippen molar-refractivity contribution in [3.8, 4) is 0 Å². The monoisotopic (exact) mass is 472 g/mol. The second-order valence-electron chi connectivity index (χ2n) is 6.51. The van der Waals surface area contributed by atoms with Crippen LogP contribution in [0.5, 0.6) is 0 Å². The summed E-state index contributed by atoms with van der Waals surface area (Å²) in [4.78, 5) is 30.1. The number of hydrogen-bond donors (Lipinski definition) is 1. The van der Waals surface area contributed by atoms with E-state index in [0.29, 0.717) is 18.6 Å². The van der Waals surface area contributed by atoms with Gasteiger partial charge in [0.2, 0.25) is 0 Å². The molecule has 0 fully saturated rings. The van der Waals surface area contributed by atoms with Gasteiger partial charge in [-0.1, -0.05) is 102 Å². The topological polar surface area (TPSA) is 89.9 Å². The zero-order valence-corrected chi connectivity index (χ0v) is 20.9. The maximum atomic E-state index is 11.1. The second kappa shape index (κ2) is 25.6. The standard InChI is InChI=1S/C11H20O2.C10H10.C4H6O2.C3H4O2/c1-4-6-7-8-9-13-11(12)10(3)5-2;1-3-9-7-5-6-8-10(9)4-2;1-3-6-4(2)5;1-2-3(4)5/h3-9H2,1-2H3;3-8H,1-2H2;3H,1H2,2H3;2H,1H2,(H,4,5). The molecule has 188 valence electrons. The zero-order valence-electron chi connectivity index (χ0n) is 20.9. The van der Waals surface area contributed by atoms with Crippen LogP contribution >= 0.6 is 0 Å². The average Bonchev–Trinajstić information content (AvgIpc) is 2.84. The summed E-state index contributed by atoms with van der Waals surface area (Å²) in [6.07, 6.45) is 10.8. The molecule has 0 saturated heterocycles. The van der Waals surface area contributed by atoms with E-state index in [-0.39, 0.29) is 11.9 Å². The van der Waals surface area contributed by atoms with Gasteiger partial charge < -0.3 is 14.6 Å². The summed E-state index contributed by atoms with van der Waals surface area (Å²) in [6, 6.07) is 8.02. The number of ether oxygens (including phenoxy) is 2. The van der Waals surface area contributed by atoms with Crippen molar-refractivity contribution in [2.75, 3.05) is 6.61 Å². The van der Waals surface area contributed by atoms with Crippen LogP contribution in [0.2, 0.25) is 0 Å². The first-order valence-electron chi connectivity index (χ1n) is 11.0. The molecule has 6 heteroatoms. The molecular formula is C28H40O6. The van der Waals surface area contributed by atoms with Crippen molar-refractivity contribution in [2.45, 2.75) is 52.9 Å². The van der Waals surface area contributed by atoms with Crippen LogP contribution in [-0.4, -0.2) is 29.6 Å². The molecule has 0 bridgehead atoms. The number of carbonyl (C=O) groups is 3. The predicted molar refractivity (Wildman–Crippen MR) is 141 cm³/mol. The van der Waals surface area contributed by atoms with Crippen LogP contribution in [0, 0.1) is 0 Å². The van der Waals surface area contributed by atoms with Gasteiger partial charge in [-0.2, -0.15) is 0 Å². The minimum absolute atomic E-state index is 0.237. The maximum absolute atomic E-state index is 11.1. The van der Waals surface area contributed by atoms with Crippen molar-refractivity contribution >= 4 is 30.1 Å². The number of carbonyl (C=O) groups excluding carboxylic acids is 2. The molecule has 1 rings (SSSR count). The lowest BCUT2D eigenvalue weighted by molar-refractivity contribution is -0.139. The third kappa shape index (κ3) is 24.6. The van der Waals surface area contributed by atoms with Gasteiger partial charge in [-0.05, 0) is 24.0 Å². The predicted octanol–water partition coefficient (Wildman–Crippen LogP) is 7.00. The minimum atomic E-state index is -0.981. The van der Waals surface area contributed by atoms with Crippen LogP contribution in [-0.2, 0) is 23.9 Å². The van der Waals surface area contributed by atoms with Gasteiger partial charge in [0.15, 0.2) is 0 Å². The molecule has 0 aliphatic rings. The molecular weight excluding hydrogens is 432 g/mol. The minimum Gasteiger partial charge on any atom is -0.478 e. The number of esters is 2. The van der Waals surface area contributed by atoms with Gasteiger partial charge in [0, 0.05) is 18.6 Å². The third-order valence-electron chi connectivity index (χ3n) is 3.81. The van der Waals surface area contributed by atoms with Crippen LogP contribution in [0.25, 0.3) is 12.2 Å². The summed E-state index contributed by atoms with van der Waals surface area (Å²) in [5, 5.41) is 7.60. The summed E-state index contributed by atoms with van der Waals surface area (Å²) in [7, 11) is 0. The number of hydrogen-bond acceptors (Lipinski definition) is 5. The second-order valence-corrected chi connectivity index (χ2v) is 6.51. The van der Waals surface area contributed by atoms with Crippen LogP contribution in [0.15, 0.2) is 75.1 Å². The van der Waals surface area contributed by atoms with Gasteiger partial charge in [-0.3, -0.25) is 4.79 Å². The number of carboxylic acid groups (broad SMARTS) is 1. The van der Waals surface area contributed by atoms with Crippen LogP contribution in [0.3, 0.4) is 0 Å². The fourth-order valence-electron chi connectivity index (χ4n) is 1.94. The molecule has 0 aliphatic heterocycles. The summed E-state index contributed by atoms with van der Waals surface area (Å²) >= 11 is 0. The Kier molecular flexibility index (Phi) is 26.3. The number of benzene rings is 1. The van der Waals surface area contributed by atoms with Crippen molar-refractivity contribution in [1.82, 2.24) is 0 Å². The van der Waals surface area contributed by atoms with Crippen molar-refractivity contribution in [2.24, 2.45) is 0 Å². The van der Waals surface area contributed by atoms with E-state index in [4.69, 9.17) is 9.84 Å².